The number of halogens is 1. The van der Waals surface area contributed by atoms with Gasteiger partial charge in [0, 0.05) is 18.7 Å². The Morgan fingerprint density at radius 2 is 1.92 bits per heavy atom. The van der Waals surface area contributed by atoms with E-state index >= 15 is 0 Å². The van der Waals surface area contributed by atoms with Crippen LogP contribution in [0.3, 0.4) is 0 Å². The molecule has 1 atom stereocenters. The van der Waals surface area contributed by atoms with E-state index in [-0.39, 0.29) is 30.6 Å². The highest BCUT2D eigenvalue weighted by atomic mass is 19.1. The third-order valence-electron chi connectivity index (χ3n) is 3.98. The monoisotopic (exact) mass is 328 g/mol. The highest BCUT2D eigenvalue weighted by Gasteiger charge is 2.36. The number of rotatable bonds is 4. The maximum absolute atomic E-state index is 12.9. The average molecular weight is 328 g/mol. The van der Waals surface area contributed by atoms with E-state index in [2.05, 4.69) is 5.32 Å². The van der Waals surface area contributed by atoms with E-state index in [9.17, 15) is 14.0 Å². The normalized spacial score (nSPS) is 17.0. The molecule has 1 N–H and O–H groups in total. The first kappa shape index (κ1) is 16.0. The molecule has 1 saturated heterocycles. The van der Waals surface area contributed by atoms with E-state index < -0.39 is 5.92 Å². The molecule has 0 saturated carbocycles. The number of benzene rings is 2. The Bertz CT molecular complexity index is 761. The van der Waals surface area contributed by atoms with Gasteiger partial charge in [0.25, 0.3) is 0 Å². The molecule has 0 bridgehead atoms. The van der Waals surface area contributed by atoms with E-state index in [1.165, 1.54) is 31.4 Å². The third-order valence-corrected chi connectivity index (χ3v) is 3.98. The average Bonchev–Trinajstić information content (AvgIpc) is 2.98. The van der Waals surface area contributed by atoms with Gasteiger partial charge in [-0.2, -0.15) is 0 Å². The Morgan fingerprint density at radius 1 is 1.21 bits per heavy atom. The summed E-state index contributed by atoms with van der Waals surface area (Å²) >= 11 is 0. The zero-order chi connectivity index (χ0) is 17.1. The zero-order valence-corrected chi connectivity index (χ0v) is 13.2. The highest BCUT2D eigenvalue weighted by Crippen LogP contribution is 2.33. The molecule has 0 aliphatic carbocycles. The number of carbonyl (C=O) groups is 2. The van der Waals surface area contributed by atoms with E-state index in [1.807, 2.05) is 12.1 Å². The molecule has 3 rings (SSSR count). The number of amides is 2. The van der Waals surface area contributed by atoms with Crippen molar-refractivity contribution in [3.63, 3.8) is 0 Å². The van der Waals surface area contributed by atoms with E-state index in [0.29, 0.717) is 17.1 Å². The van der Waals surface area contributed by atoms with Crippen LogP contribution in [-0.4, -0.2) is 25.5 Å². The van der Waals surface area contributed by atoms with Crippen LogP contribution < -0.4 is 15.0 Å². The van der Waals surface area contributed by atoms with E-state index in [1.54, 1.807) is 17.0 Å². The summed E-state index contributed by atoms with van der Waals surface area (Å²) in [4.78, 5) is 26.2. The number of hydrogen-bond donors (Lipinski definition) is 1. The van der Waals surface area contributed by atoms with Gasteiger partial charge < -0.3 is 15.0 Å². The van der Waals surface area contributed by atoms with Gasteiger partial charge in [-0.15, -0.1) is 0 Å². The van der Waals surface area contributed by atoms with Crippen LogP contribution in [0.4, 0.5) is 15.8 Å². The lowest BCUT2D eigenvalue weighted by atomic mass is 10.1. The van der Waals surface area contributed by atoms with Crippen molar-refractivity contribution < 1.29 is 18.7 Å². The molecule has 1 aliphatic rings. The third kappa shape index (κ3) is 3.22. The summed E-state index contributed by atoms with van der Waals surface area (Å²) in [6.07, 6.45) is 0.130. The first-order chi connectivity index (χ1) is 11.6. The van der Waals surface area contributed by atoms with Crippen LogP contribution in [-0.2, 0) is 9.59 Å². The molecule has 1 fully saturated rings. The van der Waals surface area contributed by atoms with Crippen molar-refractivity contribution in [3.05, 3.63) is 54.3 Å². The number of nitrogens with zero attached hydrogens (tertiary/aromatic N) is 1. The zero-order valence-electron chi connectivity index (χ0n) is 13.2. The second-order valence-electron chi connectivity index (χ2n) is 5.57. The molecular weight excluding hydrogens is 311 g/mol. The molecule has 0 spiro atoms. The molecule has 24 heavy (non-hydrogen) atoms. The number of hydrogen-bond acceptors (Lipinski definition) is 3. The summed E-state index contributed by atoms with van der Waals surface area (Å²) in [6, 6.07) is 12.7. The van der Waals surface area contributed by atoms with Crippen LogP contribution in [0.2, 0.25) is 0 Å². The molecular formula is C18H17FN2O3. The first-order valence-electron chi connectivity index (χ1n) is 7.58. The van der Waals surface area contributed by atoms with E-state index in [4.69, 9.17) is 4.74 Å². The Balaban J connectivity index is 1.72. The predicted octanol–water partition coefficient (Wildman–Crippen LogP) is 2.83. The van der Waals surface area contributed by atoms with Crippen LogP contribution in [0.1, 0.15) is 6.42 Å². The molecule has 2 amide bonds. The van der Waals surface area contributed by atoms with Crippen molar-refractivity contribution in [2.75, 3.05) is 23.9 Å². The molecule has 0 aromatic heterocycles. The Labute approximate surface area is 139 Å². The van der Waals surface area contributed by atoms with Crippen molar-refractivity contribution in [2.45, 2.75) is 6.42 Å². The SMILES string of the molecule is COc1ccccc1N1CC(C(=O)Nc2ccc(F)cc2)CC1=O. The van der Waals surface area contributed by atoms with E-state index in [0.717, 1.165) is 0 Å². The van der Waals surface area contributed by atoms with Crippen LogP contribution in [0, 0.1) is 11.7 Å². The van der Waals surface area contributed by atoms with Crippen molar-refractivity contribution in [3.8, 4) is 5.75 Å². The van der Waals surface area contributed by atoms with Gasteiger partial charge in [0.2, 0.25) is 11.8 Å². The van der Waals surface area contributed by atoms with Crippen LogP contribution in [0.15, 0.2) is 48.5 Å². The standard InChI is InChI=1S/C18H17FN2O3/c1-24-16-5-3-2-4-15(16)21-11-12(10-17(21)22)18(23)20-14-8-6-13(19)7-9-14/h2-9,12H,10-11H2,1H3,(H,20,23). The molecule has 1 heterocycles. The fourth-order valence-electron chi connectivity index (χ4n) is 2.75. The predicted molar refractivity (Wildman–Crippen MR) is 88.5 cm³/mol. The second kappa shape index (κ2) is 6.70. The topological polar surface area (TPSA) is 58.6 Å². The fourth-order valence-corrected chi connectivity index (χ4v) is 2.75. The minimum Gasteiger partial charge on any atom is -0.495 e. The summed E-state index contributed by atoms with van der Waals surface area (Å²) in [5.41, 5.74) is 1.16. The highest BCUT2D eigenvalue weighted by molar-refractivity contribution is 6.04. The van der Waals surface area contributed by atoms with Gasteiger partial charge in [-0.05, 0) is 36.4 Å². The Morgan fingerprint density at radius 3 is 2.62 bits per heavy atom. The smallest absolute Gasteiger partial charge is 0.229 e. The van der Waals surface area contributed by atoms with Crippen molar-refractivity contribution >= 4 is 23.2 Å². The van der Waals surface area contributed by atoms with Crippen molar-refractivity contribution in [1.82, 2.24) is 0 Å². The molecule has 2 aromatic carbocycles. The number of para-hydroxylation sites is 2. The van der Waals surface area contributed by atoms with Gasteiger partial charge in [-0.3, -0.25) is 9.59 Å². The minimum atomic E-state index is -0.465. The molecule has 124 valence electrons. The molecule has 5 nitrogen and oxygen atoms in total. The Kier molecular flexibility index (Phi) is 4.46. The molecule has 0 radical (unpaired) electrons. The maximum atomic E-state index is 12.9. The van der Waals surface area contributed by atoms with Crippen LogP contribution in [0.5, 0.6) is 5.75 Å². The van der Waals surface area contributed by atoms with Crippen molar-refractivity contribution in [2.24, 2.45) is 5.92 Å². The second-order valence-corrected chi connectivity index (χ2v) is 5.57. The summed E-state index contributed by atoms with van der Waals surface area (Å²) in [6.45, 7) is 0.284. The Hall–Kier alpha value is -2.89. The molecule has 1 aliphatic heterocycles. The lowest BCUT2D eigenvalue weighted by Crippen LogP contribution is -2.28. The summed E-state index contributed by atoms with van der Waals surface area (Å²) in [5, 5.41) is 2.72. The van der Waals surface area contributed by atoms with Gasteiger partial charge in [-0.1, -0.05) is 12.1 Å². The summed E-state index contributed by atoms with van der Waals surface area (Å²) in [7, 11) is 1.54. The quantitative estimate of drug-likeness (QED) is 0.939. The first-order valence-corrected chi connectivity index (χ1v) is 7.58. The number of methoxy groups -OCH3 is 1. The molecule has 2 aromatic rings. The van der Waals surface area contributed by atoms with Gasteiger partial charge in [0.1, 0.15) is 11.6 Å². The minimum absolute atomic E-state index is 0.126. The number of anilines is 2. The van der Waals surface area contributed by atoms with Crippen LogP contribution in [0.25, 0.3) is 0 Å². The molecule has 1 unspecified atom stereocenters. The largest absolute Gasteiger partial charge is 0.495 e. The van der Waals surface area contributed by atoms with Gasteiger partial charge in [-0.25, -0.2) is 4.39 Å². The number of carbonyl (C=O) groups excluding carboxylic acids is 2. The summed E-state index contributed by atoms with van der Waals surface area (Å²) < 4.78 is 18.2. The van der Waals surface area contributed by atoms with Gasteiger partial charge >= 0.3 is 0 Å². The van der Waals surface area contributed by atoms with Crippen LogP contribution >= 0.6 is 0 Å². The lowest BCUT2D eigenvalue weighted by Gasteiger charge is -2.19. The summed E-state index contributed by atoms with van der Waals surface area (Å²) in [5.74, 6) is -0.629. The lowest BCUT2D eigenvalue weighted by molar-refractivity contribution is -0.122. The number of nitrogens with one attached hydrogen (secondary N) is 1. The number of ether oxygens (including phenoxy) is 1. The molecule has 6 heteroatoms. The van der Waals surface area contributed by atoms with Crippen molar-refractivity contribution in [1.29, 1.82) is 0 Å². The maximum Gasteiger partial charge on any atom is 0.229 e. The van der Waals surface area contributed by atoms with Gasteiger partial charge in [0.15, 0.2) is 0 Å². The van der Waals surface area contributed by atoms with Gasteiger partial charge in [0.05, 0.1) is 18.7 Å². The fraction of sp³-hybridized carbons (Fsp3) is 0.222.